The highest BCUT2D eigenvalue weighted by molar-refractivity contribution is 5.75. The summed E-state index contributed by atoms with van der Waals surface area (Å²) in [6, 6.07) is 13.1. The Hall–Kier alpha value is -3.00. The van der Waals surface area contributed by atoms with Crippen LogP contribution in [-0.2, 0) is 22.6 Å². The zero-order chi connectivity index (χ0) is 17.5. The van der Waals surface area contributed by atoms with Gasteiger partial charge < -0.3 is 14.1 Å². The van der Waals surface area contributed by atoms with Crippen molar-refractivity contribution in [1.82, 2.24) is 25.1 Å². The van der Waals surface area contributed by atoms with E-state index < -0.39 is 0 Å². The van der Waals surface area contributed by atoms with Crippen LogP contribution < -0.4 is 0 Å². The lowest BCUT2D eigenvalue weighted by Crippen LogP contribution is -2.36. The van der Waals surface area contributed by atoms with E-state index in [4.69, 9.17) is 9.15 Å². The number of nitrogens with zero attached hydrogens (tertiary/aromatic N) is 5. The lowest BCUT2D eigenvalue weighted by Gasteiger charge is -2.20. The maximum Gasteiger partial charge on any atom is 0.246 e. The van der Waals surface area contributed by atoms with Crippen molar-refractivity contribution in [3.05, 3.63) is 54.5 Å². The molecule has 0 N–H and O–H groups in total. The molecule has 0 radical (unpaired) electrons. The fourth-order valence-corrected chi connectivity index (χ4v) is 2.32. The Labute approximate surface area is 145 Å². The second-order valence-corrected chi connectivity index (χ2v) is 5.40. The number of hydrogen-bond acceptors (Lipinski definition) is 6. The van der Waals surface area contributed by atoms with Gasteiger partial charge in [-0.25, -0.2) is 0 Å². The Kier molecular flexibility index (Phi) is 5.53. The molecule has 0 bridgehead atoms. The molecule has 25 heavy (non-hydrogen) atoms. The maximum absolute atomic E-state index is 12.6. The third kappa shape index (κ3) is 4.51. The summed E-state index contributed by atoms with van der Waals surface area (Å²) in [5.74, 6) is 1.06. The number of ether oxygens (including phenoxy) is 1. The van der Waals surface area contributed by atoms with Crippen molar-refractivity contribution in [1.29, 1.82) is 0 Å². The van der Waals surface area contributed by atoms with Gasteiger partial charge in [-0.15, -0.1) is 10.2 Å². The zero-order valence-electron chi connectivity index (χ0n) is 13.9. The minimum Gasteiger partial charge on any atom is -0.467 e. The second kappa shape index (κ2) is 8.20. The third-order valence-corrected chi connectivity index (χ3v) is 3.61. The van der Waals surface area contributed by atoms with Gasteiger partial charge in [0.25, 0.3) is 0 Å². The van der Waals surface area contributed by atoms with Gasteiger partial charge in [0.05, 0.1) is 19.4 Å². The van der Waals surface area contributed by atoms with Crippen molar-refractivity contribution in [3.8, 4) is 11.4 Å². The Morgan fingerprint density at radius 1 is 1.24 bits per heavy atom. The second-order valence-electron chi connectivity index (χ2n) is 5.40. The summed E-state index contributed by atoms with van der Waals surface area (Å²) in [5, 5.41) is 12.2. The smallest absolute Gasteiger partial charge is 0.246 e. The molecule has 0 unspecified atom stereocenters. The summed E-state index contributed by atoms with van der Waals surface area (Å²) in [5.41, 5.74) is 0.855. The van der Waals surface area contributed by atoms with Crippen molar-refractivity contribution < 1.29 is 13.9 Å². The third-order valence-electron chi connectivity index (χ3n) is 3.61. The predicted octanol–water partition coefficient (Wildman–Crippen LogP) is 1.61. The van der Waals surface area contributed by atoms with E-state index in [0.717, 1.165) is 5.56 Å². The topological polar surface area (TPSA) is 86.3 Å². The Balaban J connectivity index is 1.67. The molecule has 3 aromatic rings. The van der Waals surface area contributed by atoms with E-state index in [1.165, 1.54) is 4.80 Å². The van der Waals surface area contributed by atoms with E-state index >= 15 is 0 Å². The molecule has 3 rings (SSSR count). The first kappa shape index (κ1) is 16.8. The van der Waals surface area contributed by atoms with Crippen molar-refractivity contribution in [2.24, 2.45) is 0 Å². The number of hydrogen-bond donors (Lipinski definition) is 0. The van der Waals surface area contributed by atoms with Crippen LogP contribution in [0.2, 0.25) is 0 Å². The van der Waals surface area contributed by atoms with E-state index in [-0.39, 0.29) is 12.5 Å². The van der Waals surface area contributed by atoms with E-state index in [2.05, 4.69) is 15.4 Å². The molecular weight excluding hydrogens is 322 g/mol. The summed E-state index contributed by atoms with van der Waals surface area (Å²) in [7, 11) is 1.60. The molecule has 0 spiro atoms. The highest BCUT2D eigenvalue weighted by Crippen LogP contribution is 2.12. The van der Waals surface area contributed by atoms with Crippen molar-refractivity contribution >= 4 is 5.91 Å². The van der Waals surface area contributed by atoms with E-state index in [9.17, 15) is 4.79 Å². The molecule has 130 valence electrons. The fourth-order valence-electron chi connectivity index (χ4n) is 2.32. The van der Waals surface area contributed by atoms with Gasteiger partial charge in [0.15, 0.2) is 0 Å². The molecule has 1 amide bonds. The van der Waals surface area contributed by atoms with Crippen molar-refractivity contribution in [2.45, 2.75) is 13.1 Å². The van der Waals surface area contributed by atoms with E-state index in [1.54, 1.807) is 24.3 Å². The molecule has 0 fully saturated rings. The Morgan fingerprint density at radius 3 is 2.80 bits per heavy atom. The first-order valence-electron chi connectivity index (χ1n) is 7.88. The van der Waals surface area contributed by atoms with Gasteiger partial charge in [0.2, 0.25) is 11.7 Å². The number of tetrazole rings is 1. The largest absolute Gasteiger partial charge is 0.467 e. The highest BCUT2D eigenvalue weighted by Gasteiger charge is 2.17. The molecule has 1 aromatic carbocycles. The number of methoxy groups -OCH3 is 1. The minimum atomic E-state index is -0.134. The predicted molar refractivity (Wildman–Crippen MR) is 89.3 cm³/mol. The van der Waals surface area contributed by atoms with Gasteiger partial charge in [-0.3, -0.25) is 4.79 Å². The number of amides is 1. The molecule has 0 aliphatic carbocycles. The summed E-state index contributed by atoms with van der Waals surface area (Å²) >= 11 is 0. The highest BCUT2D eigenvalue weighted by atomic mass is 16.5. The van der Waals surface area contributed by atoms with Crippen LogP contribution in [0, 0.1) is 0 Å². The molecular formula is C17H19N5O3. The first-order chi connectivity index (χ1) is 12.3. The van der Waals surface area contributed by atoms with Gasteiger partial charge in [0.1, 0.15) is 12.3 Å². The minimum absolute atomic E-state index is 0.00422. The number of furan rings is 1. The van der Waals surface area contributed by atoms with Crippen LogP contribution >= 0.6 is 0 Å². The average molecular weight is 341 g/mol. The zero-order valence-corrected chi connectivity index (χ0v) is 13.9. The summed E-state index contributed by atoms with van der Waals surface area (Å²) < 4.78 is 10.4. The molecule has 2 aromatic heterocycles. The van der Waals surface area contributed by atoms with Crippen LogP contribution in [-0.4, -0.2) is 51.3 Å². The molecule has 0 aliphatic rings. The van der Waals surface area contributed by atoms with Gasteiger partial charge >= 0.3 is 0 Å². The van der Waals surface area contributed by atoms with Crippen LogP contribution in [0.1, 0.15) is 5.76 Å². The van der Waals surface area contributed by atoms with Gasteiger partial charge in [-0.1, -0.05) is 30.3 Å². The molecule has 8 heteroatoms. The lowest BCUT2D eigenvalue weighted by molar-refractivity contribution is -0.133. The molecule has 0 saturated carbocycles. The quantitative estimate of drug-likeness (QED) is 0.619. The molecule has 2 heterocycles. The number of rotatable bonds is 8. The number of benzene rings is 1. The molecule has 0 atom stereocenters. The number of carbonyl (C=O) groups is 1. The van der Waals surface area contributed by atoms with Gasteiger partial charge in [0, 0.05) is 19.2 Å². The SMILES string of the molecule is COCCN(Cc1ccco1)C(=O)Cn1nnc(-c2ccccc2)n1. The molecule has 0 aliphatic heterocycles. The Morgan fingerprint density at radius 2 is 2.08 bits per heavy atom. The summed E-state index contributed by atoms with van der Waals surface area (Å²) in [6.07, 6.45) is 1.58. The van der Waals surface area contributed by atoms with Crippen molar-refractivity contribution in [3.63, 3.8) is 0 Å². The monoisotopic (exact) mass is 341 g/mol. The van der Waals surface area contributed by atoms with Gasteiger partial charge in [-0.05, 0) is 17.3 Å². The van der Waals surface area contributed by atoms with Crippen LogP contribution in [0.15, 0.2) is 53.1 Å². The molecule has 0 saturated heterocycles. The van der Waals surface area contributed by atoms with E-state index in [0.29, 0.717) is 31.3 Å². The van der Waals surface area contributed by atoms with Crippen LogP contribution in [0.25, 0.3) is 11.4 Å². The summed E-state index contributed by atoms with van der Waals surface area (Å²) in [4.78, 5) is 15.5. The first-order valence-corrected chi connectivity index (χ1v) is 7.88. The fraction of sp³-hybridized carbons (Fsp3) is 0.294. The lowest BCUT2D eigenvalue weighted by atomic mass is 10.2. The number of aromatic nitrogens is 4. The van der Waals surface area contributed by atoms with Crippen LogP contribution in [0.3, 0.4) is 0 Å². The van der Waals surface area contributed by atoms with Crippen LogP contribution in [0.5, 0.6) is 0 Å². The molecule has 8 nitrogen and oxygen atoms in total. The standard InChI is InChI=1S/C17H19N5O3/c1-24-11-9-21(12-15-8-5-10-25-15)16(23)13-22-19-17(18-20-22)14-6-3-2-4-7-14/h2-8,10H,9,11-13H2,1H3. The Bertz CT molecular complexity index is 786. The van der Waals surface area contributed by atoms with E-state index in [1.807, 2.05) is 36.4 Å². The average Bonchev–Trinajstić information content (AvgIpc) is 3.31. The van der Waals surface area contributed by atoms with Gasteiger partial charge in [-0.2, -0.15) is 4.80 Å². The number of carbonyl (C=O) groups excluding carboxylic acids is 1. The maximum atomic E-state index is 12.6. The van der Waals surface area contributed by atoms with Crippen LogP contribution in [0.4, 0.5) is 0 Å². The summed E-state index contributed by atoms with van der Waals surface area (Å²) in [6.45, 7) is 1.27. The normalized spacial score (nSPS) is 10.8. The van der Waals surface area contributed by atoms with Crippen molar-refractivity contribution in [2.75, 3.05) is 20.3 Å².